The molecule has 0 atom stereocenters. The Morgan fingerprint density at radius 2 is 1.90 bits per heavy atom. The van der Waals surface area contributed by atoms with Gasteiger partial charge in [-0.25, -0.2) is 0 Å². The van der Waals surface area contributed by atoms with Gasteiger partial charge in [0.2, 0.25) is 0 Å². The van der Waals surface area contributed by atoms with Crippen molar-refractivity contribution >= 4 is 35.0 Å². The third-order valence-corrected chi connectivity index (χ3v) is 5.56. The van der Waals surface area contributed by atoms with E-state index in [4.69, 9.17) is 17.0 Å². The van der Waals surface area contributed by atoms with Gasteiger partial charge in [0.15, 0.2) is 5.11 Å². The molecule has 0 bridgehead atoms. The first-order valence-electron chi connectivity index (χ1n) is 9.98. The van der Waals surface area contributed by atoms with Crippen molar-refractivity contribution in [2.24, 2.45) is 0 Å². The van der Waals surface area contributed by atoms with E-state index in [1.807, 2.05) is 80.1 Å². The summed E-state index contributed by atoms with van der Waals surface area (Å²) in [5, 5.41) is 7.98. The number of ether oxygens (including phenoxy) is 1. The fourth-order valence-corrected chi connectivity index (χ4v) is 4.03. The van der Waals surface area contributed by atoms with Gasteiger partial charge in [0.25, 0.3) is 5.91 Å². The smallest absolute Gasteiger partial charge is 0.281 e. The monoisotopic (exact) mass is 432 g/mol. The van der Waals surface area contributed by atoms with Gasteiger partial charge in [-0.1, -0.05) is 24.3 Å². The van der Waals surface area contributed by atoms with Crippen molar-refractivity contribution in [1.82, 2.24) is 15.1 Å². The Morgan fingerprint density at radius 3 is 2.58 bits per heavy atom. The molecule has 31 heavy (non-hydrogen) atoms. The van der Waals surface area contributed by atoms with Crippen molar-refractivity contribution in [3.05, 3.63) is 82.3 Å². The topological polar surface area (TPSA) is 59.4 Å². The second kappa shape index (κ2) is 8.35. The normalized spacial score (nSPS) is 15.0. The van der Waals surface area contributed by atoms with Gasteiger partial charge in [-0.2, -0.15) is 5.10 Å². The number of benzene rings is 2. The van der Waals surface area contributed by atoms with Gasteiger partial charge in [-0.05, 0) is 74.5 Å². The maximum Gasteiger partial charge on any atom is 0.281 e. The number of thiocarbonyl (C=S) groups is 1. The number of aryl methyl sites for hydroxylation is 3. The minimum Gasteiger partial charge on any atom is -0.496 e. The molecule has 1 amide bonds. The molecule has 158 valence electrons. The summed E-state index contributed by atoms with van der Waals surface area (Å²) < 4.78 is 7.48. The summed E-state index contributed by atoms with van der Waals surface area (Å²) in [5.74, 6) is 0.604. The van der Waals surface area contributed by atoms with E-state index >= 15 is 0 Å². The lowest BCUT2D eigenvalue weighted by molar-refractivity contribution is -0.113. The van der Waals surface area contributed by atoms with Gasteiger partial charge >= 0.3 is 0 Å². The maximum atomic E-state index is 13.1. The Balaban J connectivity index is 1.66. The zero-order chi connectivity index (χ0) is 22.1. The SMILES string of the molecule is COc1ccc(/C=C2/NC(=S)N(c3ccccc3C)C2=O)cc1Cn1nc(C)cc1C. The van der Waals surface area contributed by atoms with Crippen molar-refractivity contribution in [3.63, 3.8) is 0 Å². The van der Waals surface area contributed by atoms with Crippen molar-refractivity contribution in [3.8, 4) is 5.75 Å². The highest BCUT2D eigenvalue weighted by Gasteiger charge is 2.32. The number of methoxy groups -OCH3 is 1. The van der Waals surface area contributed by atoms with E-state index in [2.05, 4.69) is 10.4 Å². The fraction of sp³-hybridized carbons (Fsp3) is 0.208. The molecule has 0 spiro atoms. The molecule has 2 aromatic carbocycles. The van der Waals surface area contributed by atoms with E-state index in [9.17, 15) is 4.79 Å². The van der Waals surface area contributed by atoms with Crippen LogP contribution in [0.1, 0.15) is 28.1 Å². The molecule has 0 aliphatic carbocycles. The first kappa shape index (κ1) is 20.8. The van der Waals surface area contributed by atoms with E-state index in [-0.39, 0.29) is 5.91 Å². The Bertz CT molecular complexity index is 1210. The van der Waals surface area contributed by atoms with E-state index in [1.165, 1.54) is 4.90 Å². The average Bonchev–Trinajstić information content (AvgIpc) is 3.19. The molecular formula is C24H24N4O2S. The summed E-state index contributed by atoms with van der Waals surface area (Å²) in [6.07, 6.45) is 1.82. The number of nitrogens with one attached hydrogen (secondary N) is 1. The average molecular weight is 433 g/mol. The highest BCUT2D eigenvalue weighted by atomic mass is 32.1. The largest absolute Gasteiger partial charge is 0.496 e. The minimum absolute atomic E-state index is 0.171. The van der Waals surface area contributed by atoms with Crippen LogP contribution in [-0.4, -0.2) is 27.9 Å². The van der Waals surface area contributed by atoms with Crippen LogP contribution in [0.2, 0.25) is 0 Å². The minimum atomic E-state index is -0.171. The van der Waals surface area contributed by atoms with Crippen LogP contribution in [-0.2, 0) is 11.3 Å². The molecule has 0 radical (unpaired) electrons. The van der Waals surface area contributed by atoms with Crippen molar-refractivity contribution in [2.75, 3.05) is 12.0 Å². The summed E-state index contributed by atoms with van der Waals surface area (Å²) in [5.41, 5.74) is 6.12. The summed E-state index contributed by atoms with van der Waals surface area (Å²) >= 11 is 5.44. The van der Waals surface area contributed by atoms with Crippen molar-refractivity contribution in [1.29, 1.82) is 0 Å². The molecule has 1 saturated heterocycles. The number of rotatable bonds is 5. The molecule has 0 saturated carbocycles. The molecule has 2 heterocycles. The molecule has 1 N–H and O–H groups in total. The summed E-state index contributed by atoms with van der Waals surface area (Å²) in [6, 6.07) is 15.6. The number of para-hydroxylation sites is 1. The van der Waals surface area contributed by atoms with Gasteiger partial charge in [-0.3, -0.25) is 14.4 Å². The lowest BCUT2D eigenvalue weighted by Gasteiger charge is -2.16. The number of nitrogens with zero attached hydrogens (tertiary/aromatic N) is 3. The Labute approximate surface area is 187 Å². The number of aromatic nitrogens is 2. The molecular weight excluding hydrogens is 408 g/mol. The summed E-state index contributed by atoms with van der Waals surface area (Å²) in [7, 11) is 1.65. The van der Waals surface area contributed by atoms with Gasteiger partial charge < -0.3 is 10.1 Å². The first-order chi connectivity index (χ1) is 14.9. The molecule has 3 aromatic rings. The number of hydrogen-bond acceptors (Lipinski definition) is 4. The number of carbonyl (C=O) groups is 1. The molecule has 0 unspecified atom stereocenters. The van der Waals surface area contributed by atoms with Gasteiger partial charge in [0.1, 0.15) is 11.4 Å². The third-order valence-electron chi connectivity index (χ3n) is 5.27. The lowest BCUT2D eigenvalue weighted by Crippen LogP contribution is -2.30. The first-order valence-corrected chi connectivity index (χ1v) is 10.4. The van der Waals surface area contributed by atoms with Crippen LogP contribution in [0, 0.1) is 20.8 Å². The van der Waals surface area contributed by atoms with E-state index in [1.54, 1.807) is 7.11 Å². The van der Waals surface area contributed by atoms with Crippen molar-refractivity contribution < 1.29 is 9.53 Å². The van der Waals surface area contributed by atoms with Crippen LogP contribution in [0.3, 0.4) is 0 Å². The second-order valence-electron chi connectivity index (χ2n) is 7.57. The Morgan fingerprint density at radius 1 is 1.13 bits per heavy atom. The predicted octanol–water partition coefficient (Wildman–Crippen LogP) is 4.13. The number of hydrogen-bond donors (Lipinski definition) is 1. The molecule has 1 aliphatic heterocycles. The highest BCUT2D eigenvalue weighted by molar-refractivity contribution is 7.80. The van der Waals surface area contributed by atoms with E-state index < -0.39 is 0 Å². The molecule has 1 aromatic heterocycles. The van der Waals surface area contributed by atoms with Gasteiger partial charge in [0.05, 0.1) is 25.0 Å². The predicted molar refractivity (Wildman–Crippen MR) is 126 cm³/mol. The summed E-state index contributed by atoms with van der Waals surface area (Å²) in [6.45, 7) is 6.54. The van der Waals surface area contributed by atoms with Crippen LogP contribution >= 0.6 is 12.2 Å². The van der Waals surface area contributed by atoms with Crippen LogP contribution in [0.4, 0.5) is 5.69 Å². The highest BCUT2D eigenvalue weighted by Crippen LogP contribution is 2.27. The Kier molecular flexibility index (Phi) is 5.61. The third kappa shape index (κ3) is 4.09. The molecule has 1 fully saturated rings. The second-order valence-corrected chi connectivity index (χ2v) is 7.96. The zero-order valence-electron chi connectivity index (χ0n) is 18.0. The van der Waals surface area contributed by atoms with Gasteiger partial charge in [-0.15, -0.1) is 0 Å². The quantitative estimate of drug-likeness (QED) is 0.485. The summed E-state index contributed by atoms with van der Waals surface area (Å²) in [4.78, 5) is 14.6. The number of anilines is 1. The molecule has 7 heteroatoms. The van der Waals surface area contributed by atoms with Crippen LogP contribution in [0.15, 0.2) is 54.2 Å². The van der Waals surface area contributed by atoms with Crippen LogP contribution < -0.4 is 15.0 Å². The number of amides is 1. The molecule has 6 nitrogen and oxygen atoms in total. The maximum absolute atomic E-state index is 13.1. The molecule has 1 aliphatic rings. The Hall–Kier alpha value is -3.45. The lowest BCUT2D eigenvalue weighted by atomic mass is 10.1. The van der Waals surface area contributed by atoms with E-state index in [0.717, 1.165) is 39.5 Å². The van der Waals surface area contributed by atoms with Crippen LogP contribution in [0.5, 0.6) is 5.75 Å². The standard InChI is InChI=1S/C24H24N4O2S/c1-15-7-5-6-8-21(15)28-23(29)20(25-24(28)31)13-18-9-10-22(30-4)19(12-18)14-27-17(3)11-16(2)26-27/h5-13H,14H2,1-4H3,(H,25,31)/b20-13+. The number of carbonyl (C=O) groups excluding carboxylic acids is 1. The molecule has 4 rings (SSSR count). The van der Waals surface area contributed by atoms with Crippen molar-refractivity contribution in [2.45, 2.75) is 27.3 Å². The fourth-order valence-electron chi connectivity index (χ4n) is 3.74. The van der Waals surface area contributed by atoms with Gasteiger partial charge in [0, 0.05) is 11.3 Å². The van der Waals surface area contributed by atoms with Crippen LogP contribution in [0.25, 0.3) is 6.08 Å². The van der Waals surface area contributed by atoms with E-state index in [0.29, 0.717) is 17.4 Å². The zero-order valence-corrected chi connectivity index (χ0v) is 18.8.